The molecule has 1 aromatic heterocycles. The van der Waals surface area contributed by atoms with E-state index in [0.717, 1.165) is 11.3 Å². The molecule has 0 fully saturated rings. The van der Waals surface area contributed by atoms with Crippen molar-refractivity contribution in [3.63, 3.8) is 0 Å². The van der Waals surface area contributed by atoms with Crippen molar-refractivity contribution in [1.82, 2.24) is 20.3 Å². The van der Waals surface area contributed by atoms with Gasteiger partial charge in [0.2, 0.25) is 5.91 Å². The quantitative estimate of drug-likeness (QED) is 0.714. The van der Waals surface area contributed by atoms with Crippen molar-refractivity contribution in [2.75, 3.05) is 0 Å². The molecule has 1 aromatic carbocycles. The van der Waals surface area contributed by atoms with E-state index in [2.05, 4.69) is 31.6 Å². The largest absolute Gasteiger partial charge is 0.332 e. The second-order valence-corrected chi connectivity index (χ2v) is 6.08. The fraction of sp³-hybridized carbons (Fsp3) is 0.389. The fourth-order valence-corrected chi connectivity index (χ4v) is 2.67. The van der Waals surface area contributed by atoms with Crippen molar-refractivity contribution in [1.29, 1.82) is 0 Å². The van der Waals surface area contributed by atoms with Gasteiger partial charge in [-0.15, -0.1) is 12.3 Å². The third-order valence-electron chi connectivity index (χ3n) is 4.18. The average molecular weight is 336 g/mol. The molecule has 0 spiro atoms. The molecule has 0 aliphatic carbocycles. The minimum Gasteiger partial charge on any atom is -0.332 e. The zero-order chi connectivity index (χ0) is 17.5. The third-order valence-corrected chi connectivity index (χ3v) is 4.18. The molecule has 25 heavy (non-hydrogen) atoms. The summed E-state index contributed by atoms with van der Waals surface area (Å²) < 4.78 is 0. The van der Waals surface area contributed by atoms with E-state index >= 15 is 0 Å². The van der Waals surface area contributed by atoms with Crippen LogP contribution in [0.1, 0.15) is 36.9 Å². The molecule has 0 saturated carbocycles. The van der Waals surface area contributed by atoms with Gasteiger partial charge in [0.15, 0.2) is 5.66 Å². The maximum Gasteiger partial charge on any atom is 0.223 e. The topological polar surface area (TPSA) is 86.6 Å². The van der Waals surface area contributed by atoms with Gasteiger partial charge in [-0.3, -0.25) is 4.79 Å². The summed E-state index contributed by atoms with van der Waals surface area (Å²) in [6.07, 6.45) is 9.23. The lowest BCUT2D eigenvalue weighted by atomic mass is 10.0. The Hall–Kier alpha value is -3.01. The molecule has 0 radical (unpaired) electrons. The predicted molar refractivity (Wildman–Crippen MR) is 92.0 cm³/mol. The van der Waals surface area contributed by atoms with Gasteiger partial charge >= 0.3 is 0 Å². The molecule has 1 aliphatic heterocycles. The van der Waals surface area contributed by atoms with Crippen molar-refractivity contribution < 1.29 is 4.79 Å². The summed E-state index contributed by atoms with van der Waals surface area (Å²) in [6.45, 7) is 0.939. The number of hydrogen-bond acceptors (Lipinski definition) is 5. The highest BCUT2D eigenvalue weighted by Crippen LogP contribution is 2.37. The number of carbonyl (C=O) groups is 1. The Balaban J connectivity index is 1.61. The Labute approximate surface area is 146 Å². The maximum absolute atomic E-state index is 12.8. The van der Waals surface area contributed by atoms with Gasteiger partial charge in [-0.05, 0) is 5.56 Å². The molecule has 7 heteroatoms. The summed E-state index contributed by atoms with van der Waals surface area (Å²) in [4.78, 5) is 14.5. The minimum absolute atomic E-state index is 0.0456. The number of aromatic amines is 1. The van der Waals surface area contributed by atoms with E-state index in [1.807, 2.05) is 30.3 Å². The molecular formula is C18H20N6O. The van der Waals surface area contributed by atoms with Gasteiger partial charge in [-0.2, -0.15) is 25.6 Å². The average Bonchev–Trinajstić information content (AvgIpc) is 3.23. The molecule has 1 N–H and O–H groups in total. The van der Waals surface area contributed by atoms with Crippen molar-refractivity contribution in [2.24, 2.45) is 10.2 Å². The van der Waals surface area contributed by atoms with Crippen LogP contribution in [-0.4, -0.2) is 31.9 Å². The zero-order valence-electron chi connectivity index (χ0n) is 13.9. The molecule has 2 heterocycles. The number of rotatable bonds is 9. The van der Waals surface area contributed by atoms with Crippen LogP contribution in [0.15, 0.2) is 46.8 Å². The molecule has 0 unspecified atom stereocenters. The van der Waals surface area contributed by atoms with Crippen LogP contribution in [-0.2, 0) is 17.9 Å². The van der Waals surface area contributed by atoms with Crippen LogP contribution < -0.4 is 0 Å². The van der Waals surface area contributed by atoms with Crippen molar-refractivity contribution >= 4 is 5.91 Å². The number of nitrogens with zero attached hydrogens (tertiary/aromatic N) is 5. The second kappa shape index (κ2) is 7.71. The van der Waals surface area contributed by atoms with Gasteiger partial charge in [0.05, 0.1) is 12.7 Å². The molecule has 128 valence electrons. The first-order valence-corrected chi connectivity index (χ1v) is 8.25. The summed E-state index contributed by atoms with van der Waals surface area (Å²) in [5, 5.41) is 18.6. The molecule has 1 aliphatic rings. The second-order valence-electron chi connectivity index (χ2n) is 6.08. The number of aromatic nitrogens is 3. The highest BCUT2D eigenvalue weighted by atomic mass is 16.2. The predicted octanol–water partition coefficient (Wildman–Crippen LogP) is 2.69. The highest BCUT2D eigenvalue weighted by Gasteiger charge is 2.39. The maximum atomic E-state index is 12.8. The Morgan fingerprint density at radius 2 is 2.00 bits per heavy atom. The van der Waals surface area contributed by atoms with Crippen LogP contribution >= 0.6 is 0 Å². The number of amides is 1. The van der Waals surface area contributed by atoms with Gasteiger partial charge in [0.1, 0.15) is 5.69 Å². The zero-order valence-corrected chi connectivity index (χ0v) is 13.9. The molecule has 3 rings (SSSR count). The lowest BCUT2D eigenvalue weighted by molar-refractivity contribution is -0.132. The Morgan fingerprint density at radius 3 is 2.64 bits per heavy atom. The number of carbonyl (C=O) groups excluding carboxylic acids is 1. The Bertz CT molecular complexity index is 757. The van der Waals surface area contributed by atoms with E-state index in [4.69, 9.17) is 6.42 Å². The van der Waals surface area contributed by atoms with Gasteiger partial charge in [-0.25, -0.2) is 0 Å². The summed E-state index contributed by atoms with van der Waals surface area (Å²) >= 11 is 0. The Kier molecular flexibility index (Phi) is 5.19. The first-order chi connectivity index (χ1) is 12.2. The monoisotopic (exact) mass is 336 g/mol. The first kappa shape index (κ1) is 16.8. The molecule has 1 amide bonds. The standard InChI is InChI=1S/C18H20N6O/c1-2-3-10-18(21-22-18)11-9-17(25)24(14-16-12-19-23-20-16)13-15-7-5-4-6-8-15/h1,4-8,12H,3,9-11,13-14H2,(H,19,20,23). The van der Waals surface area contributed by atoms with Crippen LogP contribution in [0.4, 0.5) is 0 Å². The SMILES string of the molecule is C#CCCC1(CCC(=O)N(Cc2ccccc2)Cc2cn[nH]n2)N=N1. The van der Waals surface area contributed by atoms with Crippen molar-refractivity contribution in [3.05, 3.63) is 47.8 Å². The normalized spacial score (nSPS) is 14.0. The van der Waals surface area contributed by atoms with Crippen LogP contribution in [0.5, 0.6) is 0 Å². The van der Waals surface area contributed by atoms with Crippen LogP contribution in [0.2, 0.25) is 0 Å². The lowest BCUT2D eigenvalue weighted by Gasteiger charge is -2.22. The van der Waals surface area contributed by atoms with Crippen molar-refractivity contribution in [3.8, 4) is 12.3 Å². The highest BCUT2D eigenvalue weighted by molar-refractivity contribution is 5.76. The van der Waals surface area contributed by atoms with Gasteiger partial charge < -0.3 is 4.90 Å². The van der Waals surface area contributed by atoms with Gasteiger partial charge in [-0.1, -0.05) is 30.3 Å². The number of terminal acetylenes is 1. The van der Waals surface area contributed by atoms with E-state index < -0.39 is 5.66 Å². The van der Waals surface area contributed by atoms with E-state index in [1.54, 1.807) is 11.1 Å². The number of H-pyrrole nitrogens is 1. The molecule has 0 saturated heterocycles. The molecule has 7 nitrogen and oxygen atoms in total. The van der Waals surface area contributed by atoms with Crippen molar-refractivity contribution in [2.45, 2.75) is 44.4 Å². The van der Waals surface area contributed by atoms with Crippen LogP contribution in [0.25, 0.3) is 0 Å². The van der Waals surface area contributed by atoms with Crippen LogP contribution in [0, 0.1) is 12.3 Å². The van der Waals surface area contributed by atoms with Crippen LogP contribution in [0.3, 0.4) is 0 Å². The van der Waals surface area contributed by atoms with E-state index in [9.17, 15) is 4.79 Å². The summed E-state index contributed by atoms with van der Waals surface area (Å²) in [6, 6.07) is 9.89. The third kappa shape index (κ3) is 4.73. The first-order valence-electron chi connectivity index (χ1n) is 8.25. The lowest BCUT2D eigenvalue weighted by Crippen LogP contribution is -2.31. The van der Waals surface area contributed by atoms with E-state index in [0.29, 0.717) is 38.8 Å². The summed E-state index contributed by atoms with van der Waals surface area (Å²) in [7, 11) is 0. The summed E-state index contributed by atoms with van der Waals surface area (Å²) in [5.74, 6) is 2.65. The Morgan fingerprint density at radius 1 is 1.20 bits per heavy atom. The van der Waals surface area contributed by atoms with Gasteiger partial charge in [0.25, 0.3) is 0 Å². The molecule has 2 aromatic rings. The smallest absolute Gasteiger partial charge is 0.223 e. The van der Waals surface area contributed by atoms with E-state index in [1.165, 1.54) is 0 Å². The summed E-state index contributed by atoms with van der Waals surface area (Å²) in [5.41, 5.74) is 1.36. The number of hydrogen-bond donors (Lipinski definition) is 1. The fourth-order valence-electron chi connectivity index (χ4n) is 2.67. The molecule has 0 atom stereocenters. The molecular weight excluding hydrogens is 316 g/mol. The number of nitrogens with one attached hydrogen (secondary N) is 1. The number of benzene rings is 1. The van der Waals surface area contributed by atoms with E-state index in [-0.39, 0.29) is 5.91 Å². The molecule has 0 bridgehead atoms. The minimum atomic E-state index is -0.436. The van der Waals surface area contributed by atoms with Gasteiger partial charge in [0, 0.05) is 32.2 Å².